The first kappa shape index (κ1) is 23.0. The van der Waals surface area contributed by atoms with Crippen molar-refractivity contribution in [3.63, 3.8) is 0 Å². The van der Waals surface area contributed by atoms with E-state index >= 15 is 0 Å². The molecule has 3 aromatic rings. The van der Waals surface area contributed by atoms with Gasteiger partial charge in [0.2, 0.25) is 5.13 Å². The second kappa shape index (κ2) is 9.63. The van der Waals surface area contributed by atoms with Crippen LogP contribution in [-0.2, 0) is 21.2 Å². The molecule has 0 aliphatic heterocycles. The first-order valence-electron chi connectivity index (χ1n) is 9.32. The number of rotatable bonds is 8. The molecule has 0 radical (unpaired) electrons. The fourth-order valence-electron chi connectivity index (χ4n) is 2.66. The zero-order valence-corrected chi connectivity index (χ0v) is 19.5. The fourth-order valence-corrected chi connectivity index (χ4v) is 4.68. The average molecular weight is 481 g/mol. The number of hydrogen-bond donors (Lipinski definition) is 2. The van der Waals surface area contributed by atoms with Gasteiger partial charge in [-0.3, -0.25) is 9.52 Å². The van der Waals surface area contributed by atoms with Crippen LogP contribution < -0.4 is 14.8 Å². The summed E-state index contributed by atoms with van der Waals surface area (Å²) in [6.07, 6.45) is 0.675. The van der Waals surface area contributed by atoms with Crippen molar-refractivity contribution in [3.05, 3.63) is 57.6 Å². The number of benzene rings is 2. The number of anilines is 2. The number of nitrogens with zero attached hydrogens (tertiary/aromatic N) is 2. The molecule has 0 saturated heterocycles. The molecule has 3 rings (SSSR count). The number of ether oxygens (including phenoxy) is 1. The van der Waals surface area contributed by atoms with Crippen molar-refractivity contribution in [2.75, 3.05) is 16.6 Å². The van der Waals surface area contributed by atoms with Gasteiger partial charge < -0.3 is 10.1 Å². The van der Waals surface area contributed by atoms with E-state index in [1.807, 2.05) is 20.8 Å². The van der Waals surface area contributed by atoms with Crippen LogP contribution in [0.4, 0.5) is 10.8 Å². The summed E-state index contributed by atoms with van der Waals surface area (Å²) in [6.45, 7) is 5.44. The fraction of sp³-hybridized carbons (Fsp3) is 0.250. The average Bonchev–Trinajstić information content (AvgIpc) is 3.17. The van der Waals surface area contributed by atoms with Crippen molar-refractivity contribution < 1.29 is 17.9 Å². The number of halogens is 1. The molecule has 164 valence electrons. The van der Waals surface area contributed by atoms with Crippen LogP contribution in [0.25, 0.3) is 0 Å². The summed E-state index contributed by atoms with van der Waals surface area (Å²) >= 11 is 7.31. The maximum absolute atomic E-state index is 12.5. The Morgan fingerprint density at radius 1 is 1.13 bits per heavy atom. The molecule has 31 heavy (non-hydrogen) atoms. The van der Waals surface area contributed by atoms with Gasteiger partial charge in [0.05, 0.1) is 4.90 Å². The van der Waals surface area contributed by atoms with E-state index in [1.54, 1.807) is 12.1 Å². The molecule has 1 amide bonds. The third-order valence-electron chi connectivity index (χ3n) is 4.22. The van der Waals surface area contributed by atoms with Gasteiger partial charge in [0.15, 0.2) is 6.61 Å². The topological polar surface area (TPSA) is 110 Å². The van der Waals surface area contributed by atoms with Crippen molar-refractivity contribution in [3.8, 4) is 5.75 Å². The Kier molecular flexibility index (Phi) is 7.14. The van der Waals surface area contributed by atoms with Crippen LogP contribution in [0.1, 0.15) is 23.1 Å². The maximum Gasteiger partial charge on any atom is 0.263 e. The standard InChI is InChI=1S/C20H21ClN4O4S2/c1-4-18-23-24-20(30-18)25-31(27,28)16-7-5-14(6-8-16)22-17(26)11-29-15-9-12(2)19(21)13(3)10-15/h5-10H,4,11H2,1-3H3,(H,22,26)(H,24,25). The van der Waals surface area contributed by atoms with Crippen molar-refractivity contribution in [2.45, 2.75) is 32.1 Å². The number of carbonyl (C=O) groups excluding carboxylic acids is 1. The summed E-state index contributed by atoms with van der Waals surface area (Å²) in [4.78, 5) is 12.2. The van der Waals surface area contributed by atoms with Gasteiger partial charge in [0, 0.05) is 10.7 Å². The highest BCUT2D eigenvalue weighted by Crippen LogP contribution is 2.26. The maximum atomic E-state index is 12.5. The lowest BCUT2D eigenvalue weighted by Gasteiger charge is -2.11. The van der Waals surface area contributed by atoms with Crippen LogP contribution >= 0.6 is 22.9 Å². The Hall–Kier alpha value is -2.69. The summed E-state index contributed by atoms with van der Waals surface area (Å²) in [5.74, 6) is 0.171. The lowest BCUT2D eigenvalue weighted by atomic mass is 10.1. The molecule has 0 spiro atoms. The minimum atomic E-state index is -3.80. The van der Waals surface area contributed by atoms with Gasteiger partial charge in [0.25, 0.3) is 15.9 Å². The minimum absolute atomic E-state index is 0.0436. The summed E-state index contributed by atoms with van der Waals surface area (Å²) in [7, 11) is -3.80. The van der Waals surface area contributed by atoms with Gasteiger partial charge in [-0.15, -0.1) is 10.2 Å². The second-order valence-corrected chi connectivity index (χ2v) is 9.81. The van der Waals surface area contributed by atoms with Gasteiger partial charge >= 0.3 is 0 Å². The van der Waals surface area contributed by atoms with E-state index in [0.717, 1.165) is 16.1 Å². The van der Waals surface area contributed by atoms with Crippen LogP contribution in [0.3, 0.4) is 0 Å². The van der Waals surface area contributed by atoms with E-state index in [9.17, 15) is 13.2 Å². The van der Waals surface area contributed by atoms with Crippen molar-refractivity contribution in [1.29, 1.82) is 0 Å². The van der Waals surface area contributed by atoms with Gasteiger partial charge in [-0.05, 0) is 67.8 Å². The van der Waals surface area contributed by atoms with Gasteiger partial charge in [-0.2, -0.15) is 0 Å². The molecule has 0 aliphatic carbocycles. The zero-order valence-electron chi connectivity index (χ0n) is 17.1. The molecule has 0 atom stereocenters. The number of aryl methyl sites for hydroxylation is 3. The van der Waals surface area contributed by atoms with E-state index in [1.165, 1.54) is 35.6 Å². The Morgan fingerprint density at radius 3 is 2.35 bits per heavy atom. The van der Waals surface area contributed by atoms with E-state index in [4.69, 9.17) is 16.3 Å². The van der Waals surface area contributed by atoms with Crippen molar-refractivity contribution in [1.82, 2.24) is 10.2 Å². The second-order valence-electron chi connectivity index (χ2n) is 6.69. The number of hydrogen-bond acceptors (Lipinski definition) is 7. The van der Waals surface area contributed by atoms with Crippen LogP contribution in [0.2, 0.25) is 5.02 Å². The number of sulfonamides is 1. The van der Waals surface area contributed by atoms with E-state index in [-0.39, 0.29) is 22.5 Å². The predicted octanol–water partition coefficient (Wildman–Crippen LogP) is 4.19. The zero-order chi connectivity index (χ0) is 22.6. The lowest BCUT2D eigenvalue weighted by molar-refractivity contribution is -0.118. The highest BCUT2D eigenvalue weighted by atomic mass is 35.5. The molecule has 0 bridgehead atoms. The molecule has 1 heterocycles. The van der Waals surface area contributed by atoms with Crippen LogP contribution in [0.5, 0.6) is 5.75 Å². The van der Waals surface area contributed by atoms with Gasteiger partial charge in [0.1, 0.15) is 10.8 Å². The highest BCUT2D eigenvalue weighted by molar-refractivity contribution is 7.93. The molecule has 1 aromatic heterocycles. The first-order chi connectivity index (χ1) is 14.7. The molecule has 0 unspecified atom stereocenters. The Bertz CT molecular complexity index is 1170. The smallest absolute Gasteiger partial charge is 0.263 e. The SMILES string of the molecule is CCc1nnc(NS(=O)(=O)c2ccc(NC(=O)COc3cc(C)c(Cl)c(C)c3)cc2)s1. The summed E-state index contributed by atoms with van der Waals surface area (Å²) in [5.41, 5.74) is 2.17. The van der Waals surface area contributed by atoms with Gasteiger partial charge in [-0.1, -0.05) is 29.9 Å². The third-order valence-corrected chi connectivity index (χ3v) is 7.28. The van der Waals surface area contributed by atoms with Crippen molar-refractivity contribution >= 4 is 49.7 Å². The molecule has 8 nitrogen and oxygen atoms in total. The van der Waals surface area contributed by atoms with Crippen LogP contribution in [0.15, 0.2) is 41.3 Å². The third kappa shape index (κ3) is 5.93. The Labute approximate surface area is 189 Å². The van der Waals surface area contributed by atoms with E-state index in [0.29, 0.717) is 22.9 Å². The summed E-state index contributed by atoms with van der Waals surface area (Å²) < 4.78 is 32.9. The normalized spacial score (nSPS) is 11.2. The molecule has 2 aromatic carbocycles. The Balaban J connectivity index is 1.58. The van der Waals surface area contributed by atoms with Crippen molar-refractivity contribution in [2.24, 2.45) is 0 Å². The molecular formula is C20H21ClN4O4S2. The summed E-state index contributed by atoms with van der Waals surface area (Å²) in [5, 5.41) is 12.0. The summed E-state index contributed by atoms with van der Waals surface area (Å²) in [6, 6.07) is 9.31. The van der Waals surface area contributed by atoms with Crippen LogP contribution in [0, 0.1) is 13.8 Å². The molecule has 0 fully saturated rings. The first-order valence-corrected chi connectivity index (χ1v) is 12.0. The molecular weight excluding hydrogens is 460 g/mol. The lowest BCUT2D eigenvalue weighted by Crippen LogP contribution is -2.20. The van der Waals surface area contributed by atoms with Crippen LogP contribution in [-0.4, -0.2) is 31.1 Å². The number of nitrogens with one attached hydrogen (secondary N) is 2. The minimum Gasteiger partial charge on any atom is -0.484 e. The van der Waals surface area contributed by atoms with E-state index in [2.05, 4.69) is 20.2 Å². The quantitative estimate of drug-likeness (QED) is 0.500. The highest BCUT2D eigenvalue weighted by Gasteiger charge is 2.17. The van der Waals surface area contributed by atoms with Gasteiger partial charge in [-0.25, -0.2) is 8.42 Å². The number of amides is 1. The molecule has 0 saturated carbocycles. The predicted molar refractivity (Wildman–Crippen MR) is 122 cm³/mol. The molecule has 0 aliphatic rings. The largest absolute Gasteiger partial charge is 0.484 e. The molecule has 2 N–H and O–H groups in total. The number of carbonyl (C=O) groups is 1. The van der Waals surface area contributed by atoms with E-state index < -0.39 is 10.0 Å². The Morgan fingerprint density at radius 2 is 1.77 bits per heavy atom. The number of aromatic nitrogens is 2. The molecule has 11 heteroatoms. The monoisotopic (exact) mass is 480 g/mol.